The van der Waals surface area contributed by atoms with Crippen molar-refractivity contribution in [1.82, 2.24) is 4.98 Å². The molecule has 0 N–H and O–H groups in total. The van der Waals surface area contributed by atoms with Crippen molar-refractivity contribution in [2.45, 2.75) is 25.2 Å². The summed E-state index contributed by atoms with van der Waals surface area (Å²) in [5.74, 6) is 1.58. The maximum absolute atomic E-state index is 5.46. The van der Waals surface area contributed by atoms with Crippen LogP contribution in [0.2, 0.25) is 0 Å². The van der Waals surface area contributed by atoms with Gasteiger partial charge >= 0.3 is 0 Å². The van der Waals surface area contributed by atoms with Gasteiger partial charge in [0.25, 0.3) is 0 Å². The fraction of sp³-hybridized carbons (Fsp3) is 0.312. The molecular weight excluding hydrogens is 222 g/mol. The first-order valence-corrected chi connectivity index (χ1v) is 6.44. The first kappa shape index (κ1) is 11.3. The number of methoxy groups -OCH3 is 1. The number of benzene rings is 1. The van der Waals surface area contributed by atoms with E-state index in [4.69, 9.17) is 4.74 Å². The molecule has 1 aromatic heterocycles. The Morgan fingerprint density at radius 1 is 1.17 bits per heavy atom. The van der Waals surface area contributed by atoms with Crippen LogP contribution in [-0.2, 0) is 12.8 Å². The second-order valence-electron chi connectivity index (χ2n) is 4.79. The summed E-state index contributed by atoms with van der Waals surface area (Å²) in [6.45, 7) is 0. The third kappa shape index (κ3) is 1.99. The maximum atomic E-state index is 5.46. The number of hydrogen-bond donors (Lipinski definition) is 0. The zero-order valence-corrected chi connectivity index (χ0v) is 10.6. The van der Waals surface area contributed by atoms with E-state index >= 15 is 0 Å². The van der Waals surface area contributed by atoms with Gasteiger partial charge < -0.3 is 4.74 Å². The zero-order valence-electron chi connectivity index (χ0n) is 10.6. The van der Waals surface area contributed by atoms with Crippen molar-refractivity contribution in [3.63, 3.8) is 0 Å². The van der Waals surface area contributed by atoms with Gasteiger partial charge in [-0.1, -0.05) is 30.3 Å². The van der Waals surface area contributed by atoms with Crippen LogP contribution in [0.4, 0.5) is 0 Å². The summed E-state index contributed by atoms with van der Waals surface area (Å²) in [5, 5.41) is 0. The normalized spacial score (nSPS) is 18.2. The highest BCUT2D eigenvalue weighted by molar-refractivity contribution is 5.40. The van der Waals surface area contributed by atoms with E-state index in [1.807, 2.05) is 12.3 Å². The van der Waals surface area contributed by atoms with Gasteiger partial charge in [0.1, 0.15) is 5.75 Å². The lowest BCUT2D eigenvalue weighted by Gasteiger charge is -2.25. The Morgan fingerprint density at radius 3 is 2.78 bits per heavy atom. The molecule has 2 aromatic rings. The molecule has 0 radical (unpaired) electrons. The predicted octanol–water partition coefficient (Wildman–Crippen LogP) is 3.36. The van der Waals surface area contributed by atoms with Gasteiger partial charge in [0.15, 0.2) is 0 Å². The molecule has 18 heavy (non-hydrogen) atoms. The molecule has 1 unspecified atom stereocenters. The van der Waals surface area contributed by atoms with Crippen LogP contribution in [0.5, 0.6) is 5.75 Å². The molecule has 0 aliphatic heterocycles. The third-order valence-electron chi connectivity index (χ3n) is 3.77. The predicted molar refractivity (Wildman–Crippen MR) is 72.0 cm³/mol. The summed E-state index contributed by atoms with van der Waals surface area (Å²) < 4.78 is 5.46. The Labute approximate surface area is 108 Å². The SMILES string of the molecule is COc1ccnc2c1CC(c1ccccc1)CC2. The van der Waals surface area contributed by atoms with Gasteiger partial charge in [-0.2, -0.15) is 0 Å². The monoisotopic (exact) mass is 239 g/mol. The highest BCUT2D eigenvalue weighted by Gasteiger charge is 2.23. The number of ether oxygens (including phenoxy) is 1. The molecule has 0 bridgehead atoms. The van der Waals surface area contributed by atoms with Crippen molar-refractivity contribution in [1.29, 1.82) is 0 Å². The number of aryl methyl sites for hydroxylation is 1. The summed E-state index contributed by atoms with van der Waals surface area (Å²) in [5.41, 5.74) is 3.93. The van der Waals surface area contributed by atoms with Crippen LogP contribution in [0.3, 0.4) is 0 Å². The fourth-order valence-electron chi connectivity index (χ4n) is 2.81. The molecule has 1 atom stereocenters. The van der Waals surface area contributed by atoms with Crippen molar-refractivity contribution in [3.05, 3.63) is 59.4 Å². The summed E-state index contributed by atoms with van der Waals surface area (Å²) in [6.07, 6.45) is 5.11. The van der Waals surface area contributed by atoms with E-state index < -0.39 is 0 Å². The molecule has 0 amide bonds. The van der Waals surface area contributed by atoms with Gasteiger partial charge in [-0.05, 0) is 36.8 Å². The van der Waals surface area contributed by atoms with Crippen LogP contribution in [0.15, 0.2) is 42.6 Å². The van der Waals surface area contributed by atoms with Gasteiger partial charge in [-0.25, -0.2) is 0 Å². The highest BCUT2D eigenvalue weighted by atomic mass is 16.5. The standard InChI is InChI=1S/C16H17NO/c1-18-16-9-10-17-15-8-7-13(11-14(15)16)12-5-3-2-4-6-12/h2-6,9-10,13H,7-8,11H2,1H3. The Kier molecular flexibility index (Phi) is 3.01. The molecule has 1 heterocycles. The quantitative estimate of drug-likeness (QED) is 0.801. The lowest BCUT2D eigenvalue weighted by molar-refractivity contribution is 0.401. The molecule has 0 fully saturated rings. The van der Waals surface area contributed by atoms with Crippen molar-refractivity contribution in [2.24, 2.45) is 0 Å². The number of fused-ring (bicyclic) bond motifs is 1. The Morgan fingerprint density at radius 2 is 2.00 bits per heavy atom. The average molecular weight is 239 g/mol. The third-order valence-corrected chi connectivity index (χ3v) is 3.77. The molecule has 1 aromatic carbocycles. The number of rotatable bonds is 2. The fourth-order valence-corrected chi connectivity index (χ4v) is 2.81. The number of pyridine rings is 1. The van der Waals surface area contributed by atoms with Gasteiger partial charge in [-0.15, -0.1) is 0 Å². The van der Waals surface area contributed by atoms with Crippen LogP contribution in [0.1, 0.15) is 29.2 Å². The van der Waals surface area contributed by atoms with E-state index in [0.29, 0.717) is 5.92 Å². The molecule has 0 spiro atoms. The minimum Gasteiger partial charge on any atom is -0.496 e. The molecule has 1 aliphatic carbocycles. The van der Waals surface area contributed by atoms with E-state index in [9.17, 15) is 0 Å². The van der Waals surface area contributed by atoms with Crippen molar-refractivity contribution < 1.29 is 4.74 Å². The smallest absolute Gasteiger partial charge is 0.125 e. The minimum atomic E-state index is 0.594. The van der Waals surface area contributed by atoms with Crippen molar-refractivity contribution in [3.8, 4) is 5.75 Å². The summed E-state index contributed by atoms with van der Waals surface area (Å²) in [4.78, 5) is 4.48. The van der Waals surface area contributed by atoms with E-state index in [0.717, 1.165) is 18.6 Å². The van der Waals surface area contributed by atoms with Crippen LogP contribution in [-0.4, -0.2) is 12.1 Å². The van der Waals surface area contributed by atoms with E-state index in [1.165, 1.54) is 23.2 Å². The highest BCUT2D eigenvalue weighted by Crippen LogP contribution is 2.35. The Hall–Kier alpha value is -1.83. The summed E-state index contributed by atoms with van der Waals surface area (Å²) in [6, 6.07) is 12.7. The number of hydrogen-bond acceptors (Lipinski definition) is 2. The van der Waals surface area contributed by atoms with Crippen molar-refractivity contribution in [2.75, 3.05) is 7.11 Å². The van der Waals surface area contributed by atoms with Crippen LogP contribution < -0.4 is 4.74 Å². The van der Waals surface area contributed by atoms with E-state index in [2.05, 4.69) is 35.3 Å². The topological polar surface area (TPSA) is 22.1 Å². The van der Waals surface area contributed by atoms with Crippen LogP contribution >= 0.6 is 0 Å². The first-order chi connectivity index (χ1) is 8.88. The van der Waals surface area contributed by atoms with Gasteiger partial charge in [-0.3, -0.25) is 4.98 Å². The molecule has 0 saturated heterocycles. The molecule has 0 saturated carbocycles. The van der Waals surface area contributed by atoms with Gasteiger partial charge in [0.2, 0.25) is 0 Å². The number of nitrogens with zero attached hydrogens (tertiary/aromatic N) is 1. The van der Waals surface area contributed by atoms with E-state index in [-0.39, 0.29) is 0 Å². The lowest BCUT2D eigenvalue weighted by atomic mass is 9.82. The summed E-state index contributed by atoms with van der Waals surface area (Å²) >= 11 is 0. The minimum absolute atomic E-state index is 0.594. The average Bonchev–Trinajstić information content (AvgIpc) is 2.47. The second kappa shape index (κ2) is 4.81. The van der Waals surface area contributed by atoms with Crippen molar-refractivity contribution >= 4 is 0 Å². The first-order valence-electron chi connectivity index (χ1n) is 6.44. The van der Waals surface area contributed by atoms with E-state index in [1.54, 1.807) is 7.11 Å². The molecule has 2 heteroatoms. The van der Waals surface area contributed by atoms with Crippen LogP contribution in [0.25, 0.3) is 0 Å². The van der Waals surface area contributed by atoms with Gasteiger partial charge in [0, 0.05) is 17.5 Å². The maximum Gasteiger partial charge on any atom is 0.125 e. The summed E-state index contributed by atoms with van der Waals surface area (Å²) in [7, 11) is 1.74. The zero-order chi connectivity index (χ0) is 12.4. The van der Waals surface area contributed by atoms with Crippen LogP contribution in [0, 0.1) is 0 Å². The lowest BCUT2D eigenvalue weighted by Crippen LogP contribution is -2.15. The molecule has 92 valence electrons. The molecule has 2 nitrogen and oxygen atoms in total. The molecular formula is C16H17NO. The molecule has 3 rings (SSSR count). The molecule has 1 aliphatic rings. The number of aromatic nitrogens is 1. The van der Waals surface area contributed by atoms with Gasteiger partial charge in [0.05, 0.1) is 7.11 Å². The Bertz CT molecular complexity index is 522. The Balaban J connectivity index is 1.93. The second-order valence-corrected chi connectivity index (χ2v) is 4.79. The largest absolute Gasteiger partial charge is 0.496 e.